The Morgan fingerprint density at radius 1 is 1.21 bits per heavy atom. The first kappa shape index (κ1) is 18.6. The minimum absolute atomic E-state index is 0.249. The number of hydrogen-bond acceptors (Lipinski definition) is 2. The Morgan fingerprint density at radius 3 is 2.86 bits per heavy atom. The Hall–Kier alpha value is -2.72. The first-order valence-corrected chi connectivity index (χ1v) is 9.75. The molecule has 1 amide bonds. The van der Waals surface area contributed by atoms with E-state index >= 15 is 0 Å². The van der Waals surface area contributed by atoms with Crippen LogP contribution < -0.4 is 5.32 Å². The molecular formula is C23H20ClFN2O. The number of rotatable bonds is 3. The fourth-order valence-electron chi connectivity index (χ4n) is 3.75. The molecule has 28 heavy (non-hydrogen) atoms. The van der Waals surface area contributed by atoms with Gasteiger partial charge in [0.05, 0.1) is 10.7 Å². The van der Waals surface area contributed by atoms with E-state index in [2.05, 4.69) is 23.3 Å². The van der Waals surface area contributed by atoms with E-state index in [1.54, 1.807) is 24.4 Å². The van der Waals surface area contributed by atoms with E-state index in [0.717, 1.165) is 18.5 Å². The van der Waals surface area contributed by atoms with Gasteiger partial charge in [-0.2, -0.15) is 0 Å². The van der Waals surface area contributed by atoms with Gasteiger partial charge in [-0.05, 0) is 78.8 Å². The predicted molar refractivity (Wildman–Crippen MR) is 110 cm³/mol. The summed E-state index contributed by atoms with van der Waals surface area (Å²) in [7, 11) is 0. The average molecular weight is 395 g/mol. The van der Waals surface area contributed by atoms with Crippen LogP contribution >= 0.6 is 11.6 Å². The normalized spacial score (nSPS) is 15.8. The third-order valence-electron chi connectivity index (χ3n) is 5.26. The Morgan fingerprint density at radius 2 is 2.07 bits per heavy atom. The highest BCUT2D eigenvalue weighted by Gasteiger charge is 2.18. The maximum Gasteiger partial charge on any atom is 0.255 e. The van der Waals surface area contributed by atoms with Crippen LogP contribution in [0.4, 0.5) is 10.1 Å². The van der Waals surface area contributed by atoms with Crippen LogP contribution in [0.5, 0.6) is 0 Å². The van der Waals surface area contributed by atoms with Gasteiger partial charge in [0.2, 0.25) is 0 Å². The molecular weight excluding hydrogens is 375 g/mol. The number of carbonyl (C=O) groups excluding carboxylic acids is 1. The highest BCUT2D eigenvalue weighted by atomic mass is 35.5. The zero-order valence-electron chi connectivity index (χ0n) is 15.5. The van der Waals surface area contributed by atoms with Crippen molar-refractivity contribution in [3.63, 3.8) is 0 Å². The molecule has 2 aromatic carbocycles. The van der Waals surface area contributed by atoms with Crippen LogP contribution in [0.15, 0.2) is 54.7 Å². The molecule has 0 radical (unpaired) electrons. The minimum atomic E-state index is -0.535. The molecule has 0 aliphatic heterocycles. The maximum absolute atomic E-state index is 14.6. The second-order valence-electron chi connectivity index (χ2n) is 7.19. The number of nitrogens with one attached hydrogen (secondary N) is 1. The number of hydrogen-bond donors (Lipinski definition) is 1. The molecule has 0 spiro atoms. The summed E-state index contributed by atoms with van der Waals surface area (Å²) in [5.41, 5.74) is 4.24. The maximum atomic E-state index is 14.6. The van der Waals surface area contributed by atoms with Crippen molar-refractivity contribution in [2.45, 2.75) is 32.1 Å². The molecule has 142 valence electrons. The van der Waals surface area contributed by atoms with Gasteiger partial charge in [0.15, 0.2) is 0 Å². The summed E-state index contributed by atoms with van der Waals surface area (Å²) in [6.45, 7) is 2.21. The monoisotopic (exact) mass is 394 g/mol. The molecule has 0 fully saturated rings. The number of pyridine rings is 1. The summed E-state index contributed by atoms with van der Waals surface area (Å²) >= 11 is 6.10. The van der Waals surface area contributed by atoms with E-state index in [1.165, 1.54) is 29.7 Å². The summed E-state index contributed by atoms with van der Waals surface area (Å²) in [5.74, 6) is -0.395. The van der Waals surface area contributed by atoms with Crippen LogP contribution in [0.2, 0.25) is 5.02 Å². The molecule has 1 atom stereocenters. The van der Waals surface area contributed by atoms with Crippen molar-refractivity contribution in [1.82, 2.24) is 4.98 Å². The van der Waals surface area contributed by atoms with E-state index in [-0.39, 0.29) is 17.0 Å². The number of anilines is 1. The number of amides is 1. The lowest BCUT2D eigenvalue weighted by molar-refractivity contribution is 0.102. The largest absolute Gasteiger partial charge is 0.322 e. The van der Waals surface area contributed by atoms with Crippen molar-refractivity contribution in [2.75, 3.05) is 5.32 Å². The molecule has 1 N–H and O–H groups in total. The Kier molecular flexibility index (Phi) is 5.14. The summed E-state index contributed by atoms with van der Waals surface area (Å²) in [4.78, 5) is 16.7. The Balaban J connectivity index is 1.57. The van der Waals surface area contributed by atoms with Crippen molar-refractivity contribution in [2.24, 2.45) is 0 Å². The molecule has 1 aliphatic rings. The topological polar surface area (TPSA) is 42.0 Å². The number of fused-ring (bicyclic) bond motifs is 1. The number of nitrogens with zero attached hydrogens (tertiary/aromatic N) is 1. The van der Waals surface area contributed by atoms with Gasteiger partial charge >= 0.3 is 0 Å². The fourth-order valence-corrected chi connectivity index (χ4v) is 3.97. The van der Waals surface area contributed by atoms with E-state index in [1.807, 2.05) is 12.1 Å². The van der Waals surface area contributed by atoms with Crippen molar-refractivity contribution < 1.29 is 9.18 Å². The van der Waals surface area contributed by atoms with Crippen molar-refractivity contribution in [3.8, 4) is 11.3 Å². The molecule has 1 heterocycles. The number of halogens is 2. The summed E-state index contributed by atoms with van der Waals surface area (Å²) in [6.07, 6.45) is 4.99. The van der Waals surface area contributed by atoms with E-state index in [4.69, 9.17) is 11.6 Å². The minimum Gasteiger partial charge on any atom is -0.322 e. The van der Waals surface area contributed by atoms with Crippen LogP contribution in [0, 0.1) is 5.82 Å². The molecule has 5 heteroatoms. The zero-order valence-corrected chi connectivity index (χ0v) is 16.3. The highest BCUT2D eigenvalue weighted by molar-refractivity contribution is 6.33. The molecule has 1 aliphatic carbocycles. The quantitative estimate of drug-likeness (QED) is 0.571. The third kappa shape index (κ3) is 3.65. The second-order valence-corrected chi connectivity index (χ2v) is 7.60. The first-order valence-electron chi connectivity index (χ1n) is 9.37. The second kappa shape index (κ2) is 7.72. The van der Waals surface area contributed by atoms with Gasteiger partial charge in [0.25, 0.3) is 5.91 Å². The number of benzene rings is 2. The summed E-state index contributed by atoms with van der Waals surface area (Å²) in [6, 6.07) is 13.7. The molecule has 0 saturated carbocycles. The smallest absolute Gasteiger partial charge is 0.255 e. The number of aromatic nitrogens is 1. The van der Waals surface area contributed by atoms with Crippen LogP contribution in [-0.2, 0) is 6.42 Å². The lowest BCUT2D eigenvalue weighted by atomic mass is 9.84. The fraction of sp³-hybridized carbons (Fsp3) is 0.217. The van der Waals surface area contributed by atoms with Gasteiger partial charge in [-0.3, -0.25) is 9.78 Å². The Labute approximate surface area is 168 Å². The molecule has 3 nitrogen and oxygen atoms in total. The van der Waals surface area contributed by atoms with Crippen molar-refractivity contribution in [3.05, 3.63) is 82.3 Å². The van der Waals surface area contributed by atoms with E-state index in [0.29, 0.717) is 16.6 Å². The molecule has 1 aromatic heterocycles. The number of aryl methyl sites for hydroxylation is 1. The van der Waals surface area contributed by atoms with Gasteiger partial charge < -0.3 is 5.32 Å². The standard InChI is InChI=1S/C23H20ClFN2O/c1-14-4-2-5-15-7-9-17(13-19(14)15)27-23(28)16-8-10-18(21(25)12-16)22-20(24)6-3-11-26-22/h3,6-14H,2,4-5H2,1H3,(H,27,28). The molecule has 1 unspecified atom stereocenters. The predicted octanol–water partition coefficient (Wildman–Crippen LogP) is 6.23. The first-order chi connectivity index (χ1) is 13.5. The van der Waals surface area contributed by atoms with Crippen LogP contribution in [-0.4, -0.2) is 10.9 Å². The summed E-state index contributed by atoms with van der Waals surface area (Å²) < 4.78 is 14.6. The highest BCUT2D eigenvalue weighted by Crippen LogP contribution is 2.33. The van der Waals surface area contributed by atoms with Crippen LogP contribution in [0.3, 0.4) is 0 Å². The zero-order chi connectivity index (χ0) is 19.7. The SMILES string of the molecule is CC1CCCc2ccc(NC(=O)c3ccc(-c4ncccc4Cl)c(F)c3)cc21. The molecule has 4 rings (SSSR count). The van der Waals surface area contributed by atoms with Crippen molar-refractivity contribution >= 4 is 23.2 Å². The summed E-state index contributed by atoms with van der Waals surface area (Å²) in [5, 5.41) is 3.24. The van der Waals surface area contributed by atoms with E-state index < -0.39 is 5.82 Å². The lowest BCUT2D eigenvalue weighted by Crippen LogP contribution is -2.14. The Bertz CT molecular complexity index is 1050. The lowest BCUT2D eigenvalue weighted by Gasteiger charge is -2.23. The van der Waals surface area contributed by atoms with Crippen LogP contribution in [0.1, 0.15) is 47.2 Å². The van der Waals surface area contributed by atoms with Crippen LogP contribution in [0.25, 0.3) is 11.3 Å². The average Bonchev–Trinajstić information content (AvgIpc) is 2.69. The van der Waals surface area contributed by atoms with Gasteiger partial charge in [-0.25, -0.2) is 4.39 Å². The molecule has 3 aromatic rings. The van der Waals surface area contributed by atoms with Gasteiger partial charge in [0, 0.05) is 23.0 Å². The molecule has 0 bridgehead atoms. The molecule has 0 saturated heterocycles. The number of carbonyl (C=O) groups is 1. The van der Waals surface area contributed by atoms with Gasteiger partial charge in [-0.15, -0.1) is 0 Å². The van der Waals surface area contributed by atoms with Crippen molar-refractivity contribution in [1.29, 1.82) is 0 Å². The van der Waals surface area contributed by atoms with Gasteiger partial charge in [0.1, 0.15) is 5.82 Å². The third-order valence-corrected chi connectivity index (χ3v) is 5.57. The van der Waals surface area contributed by atoms with E-state index in [9.17, 15) is 9.18 Å². The van der Waals surface area contributed by atoms with Gasteiger partial charge in [-0.1, -0.05) is 24.6 Å².